The number of hydrogen-bond donors (Lipinski definition) is 2. The molecule has 1 unspecified atom stereocenters. The van der Waals surface area contributed by atoms with Crippen molar-refractivity contribution in [2.24, 2.45) is 13.0 Å². The normalized spacial score (nSPS) is 23.3. The number of aliphatic hydroxyl groups excluding tert-OH is 1. The van der Waals surface area contributed by atoms with Crippen molar-refractivity contribution in [1.82, 2.24) is 20.0 Å². The summed E-state index contributed by atoms with van der Waals surface area (Å²) in [5, 5.41) is 18.4. The van der Waals surface area contributed by atoms with E-state index in [1.54, 1.807) is 29.9 Å². The van der Waals surface area contributed by atoms with E-state index in [4.69, 9.17) is 9.47 Å². The summed E-state index contributed by atoms with van der Waals surface area (Å²) in [4.78, 5) is 15.1. The van der Waals surface area contributed by atoms with Crippen molar-refractivity contribution >= 4 is 18.3 Å². The lowest BCUT2D eigenvalue weighted by Crippen LogP contribution is -2.43. The van der Waals surface area contributed by atoms with Gasteiger partial charge in [0, 0.05) is 49.9 Å². The standard InChI is InChI=1S/C20H26N4O4.ClH/c1-23-9-12(6-22-23)13-7-21-8-14(13)20(26)24-10-15-17(27-2)4-5-18(28-3)19(15)16(25)11-24;/h4-6,9,13-14,16,21,25H,7-8,10-11H2,1-3H3;1H/t13-,14+,16?;/m1./s1. The number of nitrogens with one attached hydrogen (secondary N) is 1. The van der Waals surface area contributed by atoms with Crippen LogP contribution >= 0.6 is 12.4 Å². The second-order valence-electron chi connectivity index (χ2n) is 7.42. The van der Waals surface area contributed by atoms with E-state index in [1.165, 1.54) is 0 Å². The van der Waals surface area contributed by atoms with Crippen molar-refractivity contribution in [1.29, 1.82) is 0 Å². The molecule has 2 aliphatic heterocycles. The highest BCUT2D eigenvalue weighted by molar-refractivity contribution is 5.85. The first-order valence-electron chi connectivity index (χ1n) is 9.43. The maximum absolute atomic E-state index is 13.4. The van der Waals surface area contributed by atoms with Crippen LogP contribution in [0.25, 0.3) is 0 Å². The van der Waals surface area contributed by atoms with Crippen LogP contribution in [0.4, 0.5) is 0 Å². The number of rotatable bonds is 4. The van der Waals surface area contributed by atoms with Gasteiger partial charge in [-0.25, -0.2) is 0 Å². The number of carbonyl (C=O) groups is 1. The molecule has 158 valence electrons. The topological polar surface area (TPSA) is 88.9 Å². The first-order valence-corrected chi connectivity index (χ1v) is 9.43. The molecule has 3 heterocycles. The molecular weight excluding hydrogens is 396 g/mol. The van der Waals surface area contributed by atoms with Crippen molar-refractivity contribution < 1.29 is 19.4 Å². The average molecular weight is 423 g/mol. The number of halogens is 1. The molecular formula is C20H27ClN4O4. The minimum Gasteiger partial charge on any atom is -0.496 e. The van der Waals surface area contributed by atoms with Gasteiger partial charge >= 0.3 is 0 Å². The average Bonchev–Trinajstić information content (AvgIpc) is 3.35. The number of benzene rings is 1. The first kappa shape index (κ1) is 21.4. The Balaban J connectivity index is 0.00000240. The molecule has 0 spiro atoms. The number of nitrogens with zero attached hydrogens (tertiary/aromatic N) is 3. The number of aliphatic hydroxyl groups is 1. The third-order valence-corrected chi connectivity index (χ3v) is 5.79. The lowest BCUT2D eigenvalue weighted by Gasteiger charge is -2.36. The number of aromatic nitrogens is 2. The Morgan fingerprint density at radius 1 is 1.24 bits per heavy atom. The summed E-state index contributed by atoms with van der Waals surface area (Å²) in [6, 6.07) is 3.60. The summed E-state index contributed by atoms with van der Waals surface area (Å²) in [6.07, 6.45) is 2.97. The van der Waals surface area contributed by atoms with E-state index in [0.717, 1.165) is 17.7 Å². The van der Waals surface area contributed by atoms with E-state index >= 15 is 0 Å². The van der Waals surface area contributed by atoms with Crippen LogP contribution in [-0.4, -0.2) is 59.5 Å². The summed E-state index contributed by atoms with van der Waals surface area (Å²) in [7, 11) is 5.05. The number of fused-ring (bicyclic) bond motifs is 1. The molecule has 9 heteroatoms. The van der Waals surface area contributed by atoms with Gasteiger partial charge < -0.3 is 24.8 Å². The van der Waals surface area contributed by atoms with E-state index in [0.29, 0.717) is 30.2 Å². The number of aryl methyl sites for hydroxylation is 1. The molecule has 8 nitrogen and oxygen atoms in total. The Bertz CT molecular complexity index is 887. The first-order chi connectivity index (χ1) is 13.5. The van der Waals surface area contributed by atoms with Crippen LogP contribution in [-0.2, 0) is 18.4 Å². The van der Waals surface area contributed by atoms with E-state index in [-0.39, 0.29) is 36.7 Å². The monoisotopic (exact) mass is 422 g/mol. The predicted molar refractivity (Wildman–Crippen MR) is 109 cm³/mol. The molecule has 1 amide bonds. The number of carbonyl (C=O) groups excluding carboxylic acids is 1. The number of methoxy groups -OCH3 is 2. The van der Waals surface area contributed by atoms with Gasteiger partial charge in [-0.2, -0.15) is 5.10 Å². The van der Waals surface area contributed by atoms with Crippen molar-refractivity contribution in [2.45, 2.75) is 18.6 Å². The van der Waals surface area contributed by atoms with Crippen molar-refractivity contribution in [2.75, 3.05) is 33.9 Å². The molecule has 2 N–H and O–H groups in total. The fourth-order valence-electron chi connectivity index (χ4n) is 4.40. The second-order valence-corrected chi connectivity index (χ2v) is 7.42. The zero-order valence-electron chi connectivity index (χ0n) is 16.8. The lowest BCUT2D eigenvalue weighted by atomic mass is 9.88. The third kappa shape index (κ3) is 3.80. The molecule has 29 heavy (non-hydrogen) atoms. The summed E-state index contributed by atoms with van der Waals surface area (Å²) >= 11 is 0. The van der Waals surface area contributed by atoms with Crippen LogP contribution in [0.2, 0.25) is 0 Å². The summed E-state index contributed by atoms with van der Waals surface area (Å²) in [6.45, 7) is 1.99. The zero-order valence-corrected chi connectivity index (χ0v) is 17.6. The molecule has 1 saturated heterocycles. The maximum Gasteiger partial charge on any atom is 0.228 e. The smallest absolute Gasteiger partial charge is 0.228 e. The van der Waals surface area contributed by atoms with Gasteiger partial charge in [0.05, 0.1) is 32.9 Å². The highest BCUT2D eigenvalue weighted by Crippen LogP contribution is 2.40. The van der Waals surface area contributed by atoms with E-state index < -0.39 is 6.10 Å². The van der Waals surface area contributed by atoms with Gasteiger partial charge in [0.1, 0.15) is 17.6 Å². The largest absolute Gasteiger partial charge is 0.496 e. The summed E-state index contributed by atoms with van der Waals surface area (Å²) in [5.41, 5.74) is 2.57. The van der Waals surface area contributed by atoms with Crippen LogP contribution in [0, 0.1) is 5.92 Å². The van der Waals surface area contributed by atoms with Crippen LogP contribution in [0.1, 0.15) is 28.7 Å². The number of amides is 1. The molecule has 0 aliphatic carbocycles. The molecule has 3 atom stereocenters. The molecule has 0 radical (unpaired) electrons. The SMILES string of the molecule is COc1ccc(OC)c2c1CN(C(=O)[C@H]1CNC[C@@H]1c1cnn(C)c1)CC2O.Cl. The van der Waals surface area contributed by atoms with E-state index in [1.807, 2.05) is 25.5 Å². The van der Waals surface area contributed by atoms with Gasteiger partial charge in [0.2, 0.25) is 5.91 Å². The van der Waals surface area contributed by atoms with Gasteiger partial charge in [-0.1, -0.05) is 0 Å². The molecule has 0 saturated carbocycles. The highest BCUT2D eigenvalue weighted by atomic mass is 35.5. The number of β-amino-alcohol motifs (C(OH)–C–C–N with tert-alkyl or cyclic N) is 1. The Kier molecular flexibility index (Phi) is 6.36. The Morgan fingerprint density at radius 3 is 2.62 bits per heavy atom. The van der Waals surface area contributed by atoms with E-state index in [2.05, 4.69) is 10.4 Å². The van der Waals surface area contributed by atoms with Crippen molar-refractivity contribution in [3.05, 3.63) is 41.2 Å². The summed E-state index contributed by atoms with van der Waals surface area (Å²) < 4.78 is 12.7. The fraction of sp³-hybridized carbons (Fsp3) is 0.500. The van der Waals surface area contributed by atoms with Gasteiger partial charge in [-0.05, 0) is 17.7 Å². The van der Waals surface area contributed by atoms with Gasteiger partial charge in [0.15, 0.2) is 0 Å². The molecule has 2 aromatic rings. The van der Waals surface area contributed by atoms with Crippen LogP contribution in [0.3, 0.4) is 0 Å². The lowest BCUT2D eigenvalue weighted by molar-refractivity contribution is -0.138. The van der Waals surface area contributed by atoms with Crippen LogP contribution < -0.4 is 14.8 Å². The minimum atomic E-state index is -0.816. The molecule has 0 bridgehead atoms. The molecule has 4 rings (SSSR count). The number of hydrogen-bond acceptors (Lipinski definition) is 6. The number of ether oxygens (including phenoxy) is 2. The summed E-state index contributed by atoms with van der Waals surface area (Å²) in [5.74, 6) is 1.20. The van der Waals surface area contributed by atoms with Gasteiger partial charge in [-0.3, -0.25) is 9.48 Å². The predicted octanol–water partition coefficient (Wildman–Crippen LogP) is 1.24. The maximum atomic E-state index is 13.4. The fourth-order valence-corrected chi connectivity index (χ4v) is 4.40. The van der Waals surface area contributed by atoms with Gasteiger partial charge in [-0.15, -0.1) is 12.4 Å². The van der Waals surface area contributed by atoms with E-state index in [9.17, 15) is 9.90 Å². The molecule has 1 aromatic heterocycles. The Labute approximate surface area is 176 Å². The third-order valence-electron chi connectivity index (χ3n) is 5.79. The van der Waals surface area contributed by atoms with Crippen LogP contribution in [0.15, 0.2) is 24.5 Å². The molecule has 2 aliphatic rings. The highest BCUT2D eigenvalue weighted by Gasteiger charge is 2.40. The minimum absolute atomic E-state index is 0. The van der Waals surface area contributed by atoms with Crippen molar-refractivity contribution in [3.8, 4) is 11.5 Å². The van der Waals surface area contributed by atoms with Crippen LogP contribution in [0.5, 0.6) is 11.5 Å². The second kappa shape index (κ2) is 8.61. The van der Waals surface area contributed by atoms with Gasteiger partial charge in [0.25, 0.3) is 0 Å². The molecule has 1 fully saturated rings. The molecule has 1 aromatic carbocycles. The Hall–Kier alpha value is -2.29. The van der Waals surface area contributed by atoms with Crippen molar-refractivity contribution in [3.63, 3.8) is 0 Å². The Morgan fingerprint density at radius 2 is 1.97 bits per heavy atom. The zero-order chi connectivity index (χ0) is 19.8. The quantitative estimate of drug-likeness (QED) is 0.770.